The maximum Gasteiger partial charge on any atom is 0.202 e. The second kappa shape index (κ2) is 3.30. The van der Waals surface area contributed by atoms with Gasteiger partial charge in [-0.25, -0.2) is 0 Å². The fourth-order valence-electron chi connectivity index (χ4n) is 1.62. The average Bonchev–Trinajstić information content (AvgIpc) is 2.45. The first-order valence-electron chi connectivity index (χ1n) is 4.42. The standard InChI is InChI=1S/C9H12N2O2/c1-11-4-2-7-8(3-5-11)10-13-9(7)6-12/h6H,2-5H2,1H3. The van der Waals surface area contributed by atoms with Gasteiger partial charge in [0.25, 0.3) is 0 Å². The van der Waals surface area contributed by atoms with Crippen LogP contribution in [0.4, 0.5) is 0 Å². The monoisotopic (exact) mass is 180 g/mol. The van der Waals surface area contributed by atoms with Gasteiger partial charge in [0.05, 0.1) is 5.69 Å². The van der Waals surface area contributed by atoms with Crippen LogP contribution in [0.3, 0.4) is 0 Å². The lowest BCUT2D eigenvalue weighted by Gasteiger charge is -2.10. The van der Waals surface area contributed by atoms with Gasteiger partial charge in [0.1, 0.15) is 0 Å². The smallest absolute Gasteiger partial charge is 0.202 e. The highest BCUT2D eigenvalue weighted by Crippen LogP contribution is 2.17. The fourth-order valence-corrected chi connectivity index (χ4v) is 1.62. The second-order valence-corrected chi connectivity index (χ2v) is 3.39. The van der Waals surface area contributed by atoms with Gasteiger partial charge in [-0.2, -0.15) is 0 Å². The molecule has 0 aromatic carbocycles. The second-order valence-electron chi connectivity index (χ2n) is 3.39. The van der Waals surface area contributed by atoms with Crippen LogP contribution in [0.2, 0.25) is 0 Å². The Bertz CT molecular complexity index is 319. The number of aromatic nitrogens is 1. The predicted molar refractivity (Wildman–Crippen MR) is 46.8 cm³/mol. The molecule has 1 aromatic heterocycles. The molecule has 0 saturated heterocycles. The maximum absolute atomic E-state index is 10.6. The van der Waals surface area contributed by atoms with Crippen molar-refractivity contribution in [3.8, 4) is 0 Å². The number of hydrogen-bond acceptors (Lipinski definition) is 4. The molecule has 2 rings (SSSR count). The van der Waals surface area contributed by atoms with E-state index >= 15 is 0 Å². The van der Waals surface area contributed by atoms with Crippen LogP contribution in [0.1, 0.15) is 21.8 Å². The predicted octanol–water partition coefficient (Wildman–Crippen LogP) is 0.517. The molecular formula is C9H12N2O2. The Kier molecular flexibility index (Phi) is 2.14. The van der Waals surface area contributed by atoms with E-state index in [2.05, 4.69) is 17.1 Å². The minimum absolute atomic E-state index is 0.408. The lowest BCUT2D eigenvalue weighted by molar-refractivity contribution is 0.109. The van der Waals surface area contributed by atoms with E-state index in [-0.39, 0.29) is 0 Å². The van der Waals surface area contributed by atoms with E-state index in [1.165, 1.54) is 0 Å². The molecule has 0 unspecified atom stereocenters. The van der Waals surface area contributed by atoms with Gasteiger partial charge < -0.3 is 9.42 Å². The van der Waals surface area contributed by atoms with Gasteiger partial charge in [-0.3, -0.25) is 4.79 Å². The molecule has 1 aliphatic rings. The highest BCUT2D eigenvalue weighted by Gasteiger charge is 2.18. The molecule has 0 spiro atoms. The summed E-state index contributed by atoms with van der Waals surface area (Å²) in [5, 5.41) is 3.89. The molecule has 1 aliphatic heterocycles. The lowest BCUT2D eigenvalue weighted by Crippen LogP contribution is -2.21. The third-order valence-corrected chi connectivity index (χ3v) is 2.48. The molecular weight excluding hydrogens is 168 g/mol. The van der Waals surface area contributed by atoms with Crippen molar-refractivity contribution in [1.82, 2.24) is 10.1 Å². The molecule has 0 amide bonds. The number of carbonyl (C=O) groups is 1. The Hall–Kier alpha value is -1.16. The number of likely N-dealkylation sites (N-methyl/N-ethyl adjacent to an activating group) is 1. The number of nitrogens with zero attached hydrogens (tertiary/aromatic N) is 2. The summed E-state index contributed by atoms with van der Waals surface area (Å²) in [7, 11) is 2.07. The summed E-state index contributed by atoms with van der Waals surface area (Å²) in [5.74, 6) is 0.408. The molecule has 0 fully saturated rings. The largest absolute Gasteiger partial charge is 0.353 e. The van der Waals surface area contributed by atoms with Crippen LogP contribution in [0.5, 0.6) is 0 Å². The summed E-state index contributed by atoms with van der Waals surface area (Å²) in [5.41, 5.74) is 1.95. The summed E-state index contributed by atoms with van der Waals surface area (Å²) in [6.07, 6.45) is 2.49. The molecule has 0 atom stereocenters. The van der Waals surface area contributed by atoms with Crippen LogP contribution in [0, 0.1) is 0 Å². The Morgan fingerprint density at radius 3 is 3.00 bits per heavy atom. The van der Waals surface area contributed by atoms with E-state index in [1.807, 2.05) is 0 Å². The van der Waals surface area contributed by atoms with E-state index in [1.54, 1.807) is 0 Å². The van der Waals surface area contributed by atoms with Crippen molar-refractivity contribution in [2.75, 3.05) is 20.1 Å². The zero-order chi connectivity index (χ0) is 9.26. The first kappa shape index (κ1) is 8.44. The zero-order valence-electron chi connectivity index (χ0n) is 7.62. The number of aldehydes is 1. The first-order valence-corrected chi connectivity index (χ1v) is 4.42. The average molecular weight is 180 g/mol. The van der Waals surface area contributed by atoms with Crippen LogP contribution < -0.4 is 0 Å². The van der Waals surface area contributed by atoms with Gasteiger partial charge >= 0.3 is 0 Å². The molecule has 0 aliphatic carbocycles. The van der Waals surface area contributed by atoms with Crippen LogP contribution >= 0.6 is 0 Å². The van der Waals surface area contributed by atoms with E-state index in [9.17, 15) is 4.79 Å². The van der Waals surface area contributed by atoms with Gasteiger partial charge in [0, 0.05) is 25.1 Å². The molecule has 0 saturated carbocycles. The molecule has 2 heterocycles. The SMILES string of the molecule is CN1CCc2noc(C=O)c2CC1. The van der Waals surface area contributed by atoms with Crippen molar-refractivity contribution in [3.63, 3.8) is 0 Å². The summed E-state index contributed by atoms with van der Waals surface area (Å²) in [6.45, 7) is 1.95. The zero-order valence-corrected chi connectivity index (χ0v) is 7.62. The minimum Gasteiger partial charge on any atom is -0.353 e. The van der Waals surface area contributed by atoms with Crippen LogP contribution in [0.25, 0.3) is 0 Å². The van der Waals surface area contributed by atoms with Gasteiger partial charge in [0.2, 0.25) is 5.76 Å². The molecule has 13 heavy (non-hydrogen) atoms. The number of carbonyl (C=O) groups excluding carboxylic acids is 1. The molecule has 0 bridgehead atoms. The molecule has 4 nitrogen and oxygen atoms in total. The van der Waals surface area contributed by atoms with E-state index in [0.717, 1.165) is 43.5 Å². The first-order chi connectivity index (χ1) is 6.31. The fraction of sp³-hybridized carbons (Fsp3) is 0.556. The van der Waals surface area contributed by atoms with Crippen molar-refractivity contribution in [1.29, 1.82) is 0 Å². The van der Waals surface area contributed by atoms with Crippen LogP contribution in [-0.4, -0.2) is 36.5 Å². The maximum atomic E-state index is 10.6. The molecule has 70 valence electrons. The van der Waals surface area contributed by atoms with Crippen molar-refractivity contribution >= 4 is 6.29 Å². The normalized spacial score (nSPS) is 17.9. The van der Waals surface area contributed by atoms with Gasteiger partial charge in [-0.15, -0.1) is 0 Å². The van der Waals surface area contributed by atoms with Crippen LogP contribution in [0.15, 0.2) is 4.52 Å². The quantitative estimate of drug-likeness (QED) is 0.591. The molecule has 4 heteroatoms. The minimum atomic E-state index is 0.408. The Labute approximate surface area is 76.5 Å². The summed E-state index contributed by atoms with van der Waals surface area (Å²) >= 11 is 0. The highest BCUT2D eigenvalue weighted by molar-refractivity contribution is 5.73. The number of rotatable bonds is 1. The highest BCUT2D eigenvalue weighted by atomic mass is 16.5. The summed E-state index contributed by atoms with van der Waals surface area (Å²) < 4.78 is 4.92. The Morgan fingerprint density at radius 2 is 2.23 bits per heavy atom. The van der Waals surface area contributed by atoms with E-state index in [4.69, 9.17) is 4.52 Å². The van der Waals surface area contributed by atoms with Crippen molar-refractivity contribution < 1.29 is 9.32 Å². The Balaban J connectivity index is 2.31. The summed E-state index contributed by atoms with van der Waals surface area (Å²) in [6, 6.07) is 0. The van der Waals surface area contributed by atoms with Crippen molar-refractivity contribution in [2.45, 2.75) is 12.8 Å². The summed E-state index contributed by atoms with van der Waals surface area (Å²) in [4.78, 5) is 12.8. The molecule has 0 radical (unpaired) electrons. The van der Waals surface area contributed by atoms with Crippen molar-refractivity contribution in [3.05, 3.63) is 17.0 Å². The van der Waals surface area contributed by atoms with E-state index < -0.39 is 0 Å². The van der Waals surface area contributed by atoms with Gasteiger partial charge in [-0.05, 0) is 13.5 Å². The topological polar surface area (TPSA) is 46.3 Å². The van der Waals surface area contributed by atoms with Gasteiger partial charge in [-0.1, -0.05) is 5.16 Å². The third kappa shape index (κ3) is 1.49. The third-order valence-electron chi connectivity index (χ3n) is 2.48. The Morgan fingerprint density at radius 1 is 1.46 bits per heavy atom. The van der Waals surface area contributed by atoms with Gasteiger partial charge in [0.15, 0.2) is 6.29 Å². The van der Waals surface area contributed by atoms with E-state index in [0.29, 0.717) is 5.76 Å². The molecule has 1 aromatic rings. The van der Waals surface area contributed by atoms with Crippen molar-refractivity contribution in [2.24, 2.45) is 0 Å². The number of fused-ring (bicyclic) bond motifs is 1. The number of hydrogen-bond donors (Lipinski definition) is 0. The lowest BCUT2D eigenvalue weighted by atomic mass is 10.1. The molecule has 0 N–H and O–H groups in total. The van der Waals surface area contributed by atoms with Crippen LogP contribution in [-0.2, 0) is 12.8 Å².